The van der Waals surface area contributed by atoms with Gasteiger partial charge in [-0.25, -0.2) is 19.6 Å². The van der Waals surface area contributed by atoms with Gasteiger partial charge in [0.15, 0.2) is 5.65 Å². The molecule has 2 aromatic heterocycles. The number of rotatable bonds is 8. The van der Waals surface area contributed by atoms with Crippen molar-refractivity contribution < 1.29 is 50.9 Å². The lowest BCUT2D eigenvalue weighted by atomic mass is 10.1. The summed E-state index contributed by atoms with van der Waals surface area (Å²) in [6.45, 7) is 2.31. The van der Waals surface area contributed by atoms with E-state index in [1.165, 1.54) is 5.56 Å². The van der Waals surface area contributed by atoms with Crippen LogP contribution in [0.4, 0.5) is 26.3 Å². The average molecular weight is 700 g/mol. The normalized spacial score (nSPS) is 11.2. The highest BCUT2D eigenvalue weighted by Crippen LogP contribution is 2.23. The molecule has 2 aromatic carbocycles. The van der Waals surface area contributed by atoms with Gasteiger partial charge >= 0.3 is 24.3 Å². The van der Waals surface area contributed by atoms with Gasteiger partial charge in [-0.15, -0.1) is 0 Å². The number of hydrogen-bond acceptors (Lipinski definition) is 6. The summed E-state index contributed by atoms with van der Waals surface area (Å²) in [5, 5.41) is 18.4. The molecule has 0 unspecified atom stereocenters. The number of hydrogen-bond donors (Lipinski definition) is 4. The maximum absolute atomic E-state index is 10.6. The molecule has 2 heterocycles. The van der Waals surface area contributed by atoms with E-state index in [4.69, 9.17) is 36.1 Å². The standard InChI is InChI=1S/C22H20BrClN4O.2C2HF3O2/c23-17-13-20-22(26-14-17)28-21(27-20)16-3-7-19(8-4-16)29-12-11-25-10-9-15-1-5-18(24)6-2-15;2*3-2(4,5)1(6)7/h1-8,13-14,25H,9-12H2,(H,26,27,28);2*(H,6,7). The third-order valence-corrected chi connectivity index (χ3v) is 5.65. The minimum Gasteiger partial charge on any atom is -0.492 e. The van der Waals surface area contributed by atoms with Crippen molar-refractivity contribution >= 4 is 50.6 Å². The van der Waals surface area contributed by atoms with Crippen molar-refractivity contribution in [3.05, 3.63) is 75.9 Å². The minimum absolute atomic E-state index is 0.614. The van der Waals surface area contributed by atoms with Crippen LogP contribution in [0.3, 0.4) is 0 Å². The van der Waals surface area contributed by atoms with E-state index in [-0.39, 0.29) is 0 Å². The Balaban J connectivity index is 0.000000384. The van der Waals surface area contributed by atoms with E-state index in [0.717, 1.165) is 51.7 Å². The Kier molecular flexibility index (Phi) is 13.2. The molecular formula is C26H22BrClF6N4O5. The number of pyridine rings is 1. The largest absolute Gasteiger partial charge is 0.492 e. The number of carboxylic acid groups (broad SMARTS) is 2. The molecule has 0 radical (unpaired) electrons. The summed E-state index contributed by atoms with van der Waals surface area (Å²) in [5.74, 6) is -3.88. The third-order valence-electron chi connectivity index (χ3n) is 4.97. The number of carbonyl (C=O) groups is 2. The fourth-order valence-electron chi connectivity index (χ4n) is 2.97. The molecule has 232 valence electrons. The smallest absolute Gasteiger partial charge is 0.490 e. The highest BCUT2D eigenvalue weighted by atomic mass is 79.9. The van der Waals surface area contributed by atoms with E-state index in [2.05, 4.69) is 48.3 Å². The van der Waals surface area contributed by atoms with Crippen molar-refractivity contribution in [1.82, 2.24) is 20.3 Å². The summed E-state index contributed by atoms with van der Waals surface area (Å²) < 4.78 is 70.2. The molecule has 0 fully saturated rings. The number of aromatic nitrogens is 3. The number of halogens is 8. The van der Waals surface area contributed by atoms with E-state index in [0.29, 0.717) is 12.3 Å². The maximum atomic E-state index is 10.6. The van der Waals surface area contributed by atoms with Crippen molar-refractivity contribution in [3.8, 4) is 17.1 Å². The van der Waals surface area contributed by atoms with Gasteiger partial charge in [-0.3, -0.25) is 0 Å². The van der Waals surface area contributed by atoms with Crippen LogP contribution in [-0.2, 0) is 16.0 Å². The van der Waals surface area contributed by atoms with Crippen molar-refractivity contribution in [1.29, 1.82) is 0 Å². The van der Waals surface area contributed by atoms with Crippen LogP contribution < -0.4 is 10.1 Å². The molecule has 4 N–H and O–H groups in total. The summed E-state index contributed by atoms with van der Waals surface area (Å²) >= 11 is 9.32. The van der Waals surface area contributed by atoms with Crippen molar-refractivity contribution in [3.63, 3.8) is 0 Å². The van der Waals surface area contributed by atoms with Crippen molar-refractivity contribution in [2.75, 3.05) is 19.7 Å². The Morgan fingerprint density at radius 2 is 1.49 bits per heavy atom. The first-order valence-corrected chi connectivity index (χ1v) is 13.0. The third kappa shape index (κ3) is 12.9. The van der Waals surface area contributed by atoms with Crippen LogP contribution >= 0.6 is 27.5 Å². The first-order valence-electron chi connectivity index (χ1n) is 11.9. The van der Waals surface area contributed by atoms with Crippen LogP contribution in [0.1, 0.15) is 5.56 Å². The van der Waals surface area contributed by atoms with Gasteiger partial charge < -0.3 is 25.3 Å². The zero-order chi connectivity index (χ0) is 32.2. The van der Waals surface area contributed by atoms with E-state index in [9.17, 15) is 26.3 Å². The van der Waals surface area contributed by atoms with E-state index in [1.54, 1.807) is 6.20 Å². The van der Waals surface area contributed by atoms with Gasteiger partial charge in [0, 0.05) is 27.8 Å². The number of ether oxygens (including phenoxy) is 1. The molecule has 4 aromatic rings. The predicted octanol–water partition coefficient (Wildman–Crippen LogP) is 6.52. The van der Waals surface area contributed by atoms with E-state index >= 15 is 0 Å². The van der Waals surface area contributed by atoms with Crippen LogP contribution in [0.15, 0.2) is 65.3 Å². The van der Waals surface area contributed by atoms with E-state index in [1.807, 2.05) is 42.5 Å². The average Bonchev–Trinajstić information content (AvgIpc) is 3.35. The SMILES string of the molecule is Clc1ccc(CCNCCOc2ccc(-c3nc4ncc(Br)cc4[nH]3)cc2)cc1.O=C(O)C(F)(F)F.O=C(O)C(F)(F)F. The molecule has 9 nitrogen and oxygen atoms in total. The van der Waals surface area contributed by atoms with Crippen LogP contribution in [-0.4, -0.2) is 69.2 Å². The Morgan fingerprint density at radius 3 is 2.02 bits per heavy atom. The lowest BCUT2D eigenvalue weighted by Crippen LogP contribution is -2.23. The second-order valence-electron chi connectivity index (χ2n) is 8.22. The summed E-state index contributed by atoms with van der Waals surface area (Å²) in [5.41, 5.74) is 3.87. The fraction of sp³-hybridized carbons (Fsp3) is 0.231. The van der Waals surface area contributed by atoms with Crippen LogP contribution in [0, 0.1) is 0 Å². The quantitative estimate of drug-likeness (QED) is 0.121. The lowest BCUT2D eigenvalue weighted by molar-refractivity contribution is -0.193. The molecule has 0 atom stereocenters. The van der Waals surface area contributed by atoms with Gasteiger partial charge in [0.1, 0.15) is 18.2 Å². The summed E-state index contributed by atoms with van der Waals surface area (Å²) in [6.07, 6.45) is -7.46. The van der Waals surface area contributed by atoms with Gasteiger partial charge in [0.25, 0.3) is 0 Å². The van der Waals surface area contributed by atoms with Crippen LogP contribution in [0.2, 0.25) is 5.02 Å². The monoisotopic (exact) mass is 698 g/mol. The zero-order valence-electron chi connectivity index (χ0n) is 21.6. The summed E-state index contributed by atoms with van der Waals surface area (Å²) in [7, 11) is 0. The fourth-order valence-corrected chi connectivity index (χ4v) is 3.43. The number of benzene rings is 2. The van der Waals surface area contributed by atoms with Crippen LogP contribution in [0.5, 0.6) is 5.75 Å². The zero-order valence-corrected chi connectivity index (χ0v) is 24.0. The van der Waals surface area contributed by atoms with Crippen molar-refractivity contribution in [2.24, 2.45) is 0 Å². The molecule has 0 saturated heterocycles. The minimum atomic E-state index is -5.08. The predicted molar refractivity (Wildman–Crippen MR) is 148 cm³/mol. The molecule has 0 bridgehead atoms. The van der Waals surface area contributed by atoms with Gasteiger partial charge in [-0.2, -0.15) is 26.3 Å². The lowest BCUT2D eigenvalue weighted by Gasteiger charge is -2.08. The van der Waals surface area contributed by atoms with Gasteiger partial charge in [-0.1, -0.05) is 23.7 Å². The maximum Gasteiger partial charge on any atom is 0.490 e. The summed E-state index contributed by atoms with van der Waals surface area (Å²) in [4.78, 5) is 29.9. The number of nitrogens with zero attached hydrogens (tertiary/aromatic N) is 2. The molecule has 0 spiro atoms. The Morgan fingerprint density at radius 1 is 0.930 bits per heavy atom. The Hall–Kier alpha value is -3.89. The Bertz CT molecular complexity index is 1460. The van der Waals surface area contributed by atoms with Gasteiger partial charge in [-0.05, 0) is 76.9 Å². The second-order valence-corrected chi connectivity index (χ2v) is 9.57. The van der Waals surface area contributed by atoms with Crippen molar-refractivity contribution in [2.45, 2.75) is 18.8 Å². The number of carboxylic acids is 2. The van der Waals surface area contributed by atoms with Gasteiger partial charge in [0.05, 0.1) is 5.52 Å². The molecule has 0 aliphatic heterocycles. The highest BCUT2D eigenvalue weighted by molar-refractivity contribution is 9.10. The van der Waals surface area contributed by atoms with Gasteiger partial charge in [0.2, 0.25) is 0 Å². The first-order chi connectivity index (χ1) is 20.1. The molecule has 43 heavy (non-hydrogen) atoms. The number of H-pyrrole nitrogens is 1. The molecule has 17 heteroatoms. The molecule has 0 amide bonds. The number of aromatic amines is 1. The first kappa shape index (κ1) is 35.3. The second kappa shape index (κ2) is 16.1. The topological polar surface area (TPSA) is 137 Å². The molecular weight excluding hydrogens is 678 g/mol. The molecule has 0 aliphatic carbocycles. The number of nitrogens with one attached hydrogen (secondary N) is 2. The van der Waals surface area contributed by atoms with E-state index < -0.39 is 24.3 Å². The number of imidazole rings is 1. The number of aliphatic carboxylic acids is 2. The van der Waals surface area contributed by atoms with Crippen LogP contribution in [0.25, 0.3) is 22.6 Å². The number of fused-ring (bicyclic) bond motifs is 1. The molecule has 0 saturated carbocycles. The number of alkyl halides is 6. The molecule has 0 aliphatic rings. The molecule has 4 rings (SSSR count). The highest BCUT2D eigenvalue weighted by Gasteiger charge is 2.38. The summed E-state index contributed by atoms with van der Waals surface area (Å²) in [6, 6.07) is 17.8. The Labute approximate surface area is 253 Å².